The number of hydrogen-bond acceptors (Lipinski definition) is 12. The number of nitrogen functional groups attached to an aromatic ring is 1. The molecule has 0 aliphatic carbocycles. The van der Waals surface area contributed by atoms with E-state index in [4.69, 9.17) is 15.3 Å². The number of pyridine rings is 1. The number of nitrogens with zero attached hydrogens (tertiary/aromatic N) is 5. The Hall–Kier alpha value is -3.72. The highest BCUT2D eigenvalue weighted by Crippen LogP contribution is 2.40. The Kier molecular flexibility index (Phi) is 6.93. The van der Waals surface area contributed by atoms with Crippen LogP contribution in [-0.4, -0.2) is 71.6 Å². The van der Waals surface area contributed by atoms with Crippen LogP contribution in [0.5, 0.6) is 0 Å². The summed E-state index contributed by atoms with van der Waals surface area (Å²) in [6.07, 6.45) is 3.20. The van der Waals surface area contributed by atoms with Crippen LogP contribution in [-0.2, 0) is 30.6 Å². The first kappa shape index (κ1) is 23.4. The molecule has 178 valence electrons. The number of carboxylic acids is 1. The van der Waals surface area contributed by atoms with Gasteiger partial charge in [0.05, 0.1) is 5.75 Å². The van der Waals surface area contributed by atoms with Crippen LogP contribution in [0.15, 0.2) is 41.1 Å². The lowest BCUT2D eigenvalue weighted by atomic mass is 10.0. The molecule has 13 nitrogen and oxygen atoms in total. The van der Waals surface area contributed by atoms with E-state index in [1.54, 1.807) is 31.5 Å². The van der Waals surface area contributed by atoms with E-state index in [2.05, 4.69) is 24.8 Å². The van der Waals surface area contributed by atoms with Gasteiger partial charge in [0.25, 0.3) is 11.8 Å². The number of aromatic nitrogens is 3. The van der Waals surface area contributed by atoms with Gasteiger partial charge < -0.3 is 25.7 Å². The fourth-order valence-corrected chi connectivity index (χ4v) is 4.92. The van der Waals surface area contributed by atoms with Crippen molar-refractivity contribution in [2.75, 3.05) is 18.1 Å². The first-order chi connectivity index (χ1) is 16.4. The first-order valence-corrected chi connectivity index (χ1v) is 11.8. The number of carbonyl (C=O) groups excluding carboxylic acids is 2. The number of thioether (sulfide) groups is 1. The van der Waals surface area contributed by atoms with Crippen molar-refractivity contribution in [1.82, 2.24) is 24.6 Å². The van der Waals surface area contributed by atoms with Crippen molar-refractivity contribution in [2.45, 2.75) is 24.9 Å². The second-order valence-electron chi connectivity index (χ2n) is 6.90. The molecule has 0 spiro atoms. The summed E-state index contributed by atoms with van der Waals surface area (Å²) < 4.78 is 9.67. The predicted octanol–water partition coefficient (Wildman–Crippen LogP) is 0.169. The van der Waals surface area contributed by atoms with Gasteiger partial charge in [-0.3, -0.25) is 19.5 Å². The zero-order valence-corrected chi connectivity index (χ0v) is 19.3. The van der Waals surface area contributed by atoms with Crippen molar-refractivity contribution < 1.29 is 29.1 Å². The number of carbonyl (C=O) groups is 3. The number of carboxylic acid groups (broad SMARTS) is 1. The largest absolute Gasteiger partial charge is 0.490 e. The molecule has 2 aliphatic heterocycles. The molecule has 15 heteroatoms. The number of fused-ring (bicyclic) bond motifs is 1. The smallest absolute Gasteiger partial charge is 0.356 e. The highest BCUT2D eigenvalue weighted by molar-refractivity contribution is 8.00. The predicted molar refractivity (Wildman–Crippen MR) is 121 cm³/mol. The maximum Gasteiger partial charge on any atom is 0.356 e. The van der Waals surface area contributed by atoms with E-state index in [1.807, 2.05) is 0 Å². The molecule has 0 unspecified atom stereocenters. The molecule has 2 aromatic rings. The standard InChI is InChI=1S/C19H19N7O6S2/c1-2-32-24-11(14-23-19(20)34-25-14)15(27)22-12-16(28)26-13(18(29)30)10(8-33-17(12)26)31-7-9-3-5-21-6-4-9/h3-6,12,17H,2,7-8H2,1H3,(H,22,27)(H,29,30)(H2,20,23,25)/t12-,17+/m1/s1. The number of nitrogens with two attached hydrogens (primary N) is 1. The van der Waals surface area contributed by atoms with Crippen molar-refractivity contribution >= 4 is 51.9 Å². The number of amides is 2. The third kappa shape index (κ3) is 4.65. The van der Waals surface area contributed by atoms with Gasteiger partial charge in [0.1, 0.15) is 30.4 Å². The number of aliphatic carboxylic acids is 1. The van der Waals surface area contributed by atoms with Gasteiger partial charge >= 0.3 is 5.97 Å². The van der Waals surface area contributed by atoms with Gasteiger partial charge in [-0.05, 0) is 24.6 Å². The molecule has 0 aromatic carbocycles. The van der Waals surface area contributed by atoms with Gasteiger partial charge in [0.15, 0.2) is 10.8 Å². The Morgan fingerprint density at radius 3 is 2.79 bits per heavy atom. The van der Waals surface area contributed by atoms with Crippen molar-refractivity contribution in [2.24, 2.45) is 5.16 Å². The maximum atomic E-state index is 12.9. The highest BCUT2D eigenvalue weighted by Gasteiger charge is 2.55. The Morgan fingerprint density at radius 2 is 2.15 bits per heavy atom. The summed E-state index contributed by atoms with van der Waals surface area (Å²) in [4.78, 5) is 51.6. The van der Waals surface area contributed by atoms with Gasteiger partial charge in [0.2, 0.25) is 11.5 Å². The van der Waals surface area contributed by atoms with Crippen molar-refractivity contribution in [3.05, 3.63) is 47.4 Å². The molecule has 2 atom stereocenters. The van der Waals surface area contributed by atoms with Crippen LogP contribution in [0.25, 0.3) is 0 Å². The molecule has 1 saturated heterocycles. The molecule has 0 bridgehead atoms. The van der Waals surface area contributed by atoms with Crippen LogP contribution < -0.4 is 11.1 Å². The fourth-order valence-electron chi connectivity index (χ4n) is 3.20. The average Bonchev–Trinajstić information content (AvgIpc) is 3.27. The van der Waals surface area contributed by atoms with Gasteiger partial charge in [0, 0.05) is 23.9 Å². The quantitative estimate of drug-likeness (QED) is 0.240. The zero-order valence-electron chi connectivity index (χ0n) is 17.7. The molecule has 0 saturated carbocycles. The van der Waals surface area contributed by atoms with E-state index >= 15 is 0 Å². The summed E-state index contributed by atoms with van der Waals surface area (Å²) in [5.74, 6) is -2.29. The molecule has 4 rings (SSSR count). The molecular formula is C19H19N7O6S2. The molecular weight excluding hydrogens is 486 g/mol. The number of oxime groups is 1. The molecule has 0 radical (unpaired) electrons. The van der Waals surface area contributed by atoms with Gasteiger partial charge in [-0.1, -0.05) is 5.16 Å². The first-order valence-electron chi connectivity index (χ1n) is 9.93. The van der Waals surface area contributed by atoms with Crippen LogP contribution in [0.2, 0.25) is 0 Å². The second-order valence-corrected chi connectivity index (χ2v) is 8.78. The third-order valence-corrected chi connectivity index (χ3v) is 6.53. The second kappa shape index (κ2) is 10.0. The van der Waals surface area contributed by atoms with E-state index in [0.29, 0.717) is 0 Å². The summed E-state index contributed by atoms with van der Waals surface area (Å²) >= 11 is 2.15. The van der Waals surface area contributed by atoms with E-state index in [-0.39, 0.29) is 47.1 Å². The monoisotopic (exact) mass is 505 g/mol. The number of β-lactam (4-membered cyclic amide) rings is 1. The molecule has 4 N–H and O–H groups in total. The number of rotatable bonds is 9. The lowest BCUT2D eigenvalue weighted by Crippen LogP contribution is -2.71. The Balaban J connectivity index is 1.49. The lowest BCUT2D eigenvalue weighted by Gasteiger charge is -2.48. The molecule has 34 heavy (non-hydrogen) atoms. The van der Waals surface area contributed by atoms with Gasteiger partial charge in [-0.15, -0.1) is 11.8 Å². The average molecular weight is 506 g/mol. The number of ether oxygens (including phenoxy) is 1. The van der Waals surface area contributed by atoms with Gasteiger partial charge in [-0.25, -0.2) is 4.79 Å². The SMILES string of the molecule is CCON=C(C(=O)N[C@@H]1C(=O)N2C(C(=O)O)=C(OCc3ccncc3)CS[C@@H]12)c1nsc(N)n1. The van der Waals surface area contributed by atoms with Crippen LogP contribution >= 0.6 is 23.3 Å². The Bertz CT molecular complexity index is 1170. The number of hydrogen-bond donors (Lipinski definition) is 3. The van der Waals surface area contributed by atoms with Crippen LogP contribution in [0.4, 0.5) is 5.13 Å². The molecule has 2 amide bonds. The molecule has 2 aromatic heterocycles. The number of nitrogens with one attached hydrogen (secondary N) is 1. The topological polar surface area (TPSA) is 182 Å². The maximum absolute atomic E-state index is 12.9. The minimum atomic E-state index is -1.30. The Morgan fingerprint density at radius 1 is 1.38 bits per heavy atom. The normalized spacial score (nSPS) is 19.9. The van der Waals surface area contributed by atoms with Crippen LogP contribution in [0.1, 0.15) is 18.3 Å². The minimum absolute atomic E-state index is 0.0358. The summed E-state index contributed by atoms with van der Waals surface area (Å²) in [6.45, 7) is 2.01. The summed E-state index contributed by atoms with van der Waals surface area (Å²) in [5.41, 5.74) is 5.91. The van der Waals surface area contributed by atoms with E-state index in [1.165, 1.54) is 11.8 Å². The minimum Gasteiger partial charge on any atom is -0.490 e. The molecule has 2 aliphatic rings. The Labute approximate surface area is 201 Å². The molecule has 1 fully saturated rings. The fraction of sp³-hybridized carbons (Fsp3) is 0.316. The summed E-state index contributed by atoms with van der Waals surface area (Å²) in [6, 6.07) is 2.51. The van der Waals surface area contributed by atoms with Crippen LogP contribution in [0, 0.1) is 0 Å². The summed E-state index contributed by atoms with van der Waals surface area (Å²) in [5, 5.41) is 15.6. The third-order valence-electron chi connectivity index (χ3n) is 4.74. The van der Waals surface area contributed by atoms with Crippen molar-refractivity contribution in [3.8, 4) is 0 Å². The van der Waals surface area contributed by atoms with Gasteiger partial charge in [-0.2, -0.15) is 9.36 Å². The number of anilines is 1. The zero-order chi connectivity index (χ0) is 24.2. The highest BCUT2D eigenvalue weighted by atomic mass is 32.2. The van der Waals surface area contributed by atoms with Crippen LogP contribution in [0.3, 0.4) is 0 Å². The van der Waals surface area contributed by atoms with E-state index in [9.17, 15) is 19.5 Å². The molecule has 4 heterocycles. The van der Waals surface area contributed by atoms with Crippen molar-refractivity contribution in [3.63, 3.8) is 0 Å². The summed E-state index contributed by atoms with van der Waals surface area (Å²) in [7, 11) is 0. The lowest BCUT2D eigenvalue weighted by molar-refractivity contribution is -0.150. The van der Waals surface area contributed by atoms with E-state index < -0.39 is 29.2 Å². The van der Waals surface area contributed by atoms with Crippen molar-refractivity contribution in [1.29, 1.82) is 0 Å². The van der Waals surface area contributed by atoms with E-state index in [0.717, 1.165) is 22.0 Å².